The van der Waals surface area contributed by atoms with Gasteiger partial charge in [0.05, 0.1) is 16.5 Å². The molecule has 0 aromatic heterocycles. The van der Waals surface area contributed by atoms with E-state index >= 15 is 0 Å². The van der Waals surface area contributed by atoms with Crippen LogP contribution in [-0.2, 0) is 4.79 Å². The van der Waals surface area contributed by atoms with Gasteiger partial charge in [-0.05, 0) is 18.2 Å². The largest absolute Gasteiger partial charge is 0.379 e. The number of rotatable bonds is 3. The third-order valence-electron chi connectivity index (χ3n) is 1.56. The number of amides is 1. The lowest BCUT2D eigenvalue weighted by Crippen LogP contribution is -2.17. The Balaban J connectivity index is 2.59. The highest BCUT2D eigenvalue weighted by Gasteiger charge is 2.07. The van der Waals surface area contributed by atoms with Crippen molar-refractivity contribution in [2.75, 3.05) is 11.1 Å². The summed E-state index contributed by atoms with van der Waals surface area (Å²) in [4.78, 5) is 11.3. The first-order valence-electron chi connectivity index (χ1n) is 4.21. The van der Waals surface area contributed by atoms with Gasteiger partial charge >= 0.3 is 0 Å². The summed E-state index contributed by atoms with van der Waals surface area (Å²) in [6.45, 7) is 0. The molecule has 16 heavy (non-hydrogen) atoms. The van der Waals surface area contributed by atoms with Crippen LogP contribution in [0.2, 0.25) is 5.02 Å². The maximum absolute atomic E-state index is 12.7. The molecule has 4 nitrogen and oxygen atoms in total. The first kappa shape index (κ1) is 12.8. The number of nitrogens with one attached hydrogen (secondary N) is 2. The minimum atomic E-state index is -0.471. The van der Waals surface area contributed by atoms with E-state index in [0.29, 0.717) is 5.69 Å². The minimum absolute atomic E-state index is 0.0169. The van der Waals surface area contributed by atoms with Crippen LogP contribution in [0.4, 0.5) is 10.1 Å². The Kier molecular flexibility index (Phi) is 4.57. The Hall–Kier alpha value is -1.27. The van der Waals surface area contributed by atoms with Gasteiger partial charge in [0.15, 0.2) is 5.17 Å². The molecule has 0 aliphatic heterocycles. The van der Waals surface area contributed by atoms with Crippen LogP contribution in [-0.4, -0.2) is 16.8 Å². The van der Waals surface area contributed by atoms with Crippen LogP contribution in [0.3, 0.4) is 0 Å². The fourth-order valence-electron chi connectivity index (χ4n) is 0.920. The molecule has 0 fully saturated rings. The Morgan fingerprint density at radius 2 is 2.31 bits per heavy atom. The van der Waals surface area contributed by atoms with Crippen LogP contribution in [0.5, 0.6) is 0 Å². The number of benzene rings is 1. The van der Waals surface area contributed by atoms with Crippen molar-refractivity contribution in [2.24, 2.45) is 5.73 Å². The average Bonchev–Trinajstić information content (AvgIpc) is 2.19. The van der Waals surface area contributed by atoms with Crippen molar-refractivity contribution in [1.82, 2.24) is 0 Å². The first-order chi connectivity index (χ1) is 7.49. The van der Waals surface area contributed by atoms with Gasteiger partial charge in [-0.3, -0.25) is 10.2 Å². The fraction of sp³-hybridized carbons (Fsp3) is 0.111. The Bertz CT molecular complexity index is 427. The summed E-state index contributed by atoms with van der Waals surface area (Å²) in [6.07, 6.45) is 0. The van der Waals surface area contributed by atoms with E-state index in [-0.39, 0.29) is 21.9 Å². The zero-order chi connectivity index (χ0) is 12.1. The zero-order valence-corrected chi connectivity index (χ0v) is 9.66. The van der Waals surface area contributed by atoms with E-state index in [0.717, 1.165) is 17.8 Å². The summed E-state index contributed by atoms with van der Waals surface area (Å²) in [7, 11) is 0. The number of amidine groups is 1. The van der Waals surface area contributed by atoms with Crippen LogP contribution < -0.4 is 11.1 Å². The number of anilines is 1. The van der Waals surface area contributed by atoms with E-state index in [1.54, 1.807) is 0 Å². The molecule has 1 amide bonds. The second kappa shape index (κ2) is 5.72. The van der Waals surface area contributed by atoms with Crippen molar-refractivity contribution in [3.8, 4) is 0 Å². The van der Waals surface area contributed by atoms with Crippen LogP contribution in [0, 0.1) is 11.2 Å². The van der Waals surface area contributed by atoms with Gasteiger partial charge < -0.3 is 11.1 Å². The van der Waals surface area contributed by atoms with Crippen molar-refractivity contribution in [3.63, 3.8) is 0 Å². The first-order valence-corrected chi connectivity index (χ1v) is 5.57. The second-order valence-corrected chi connectivity index (χ2v) is 4.25. The molecule has 0 saturated carbocycles. The molecular formula is C9H9ClFN3OS. The van der Waals surface area contributed by atoms with Crippen molar-refractivity contribution >= 4 is 40.1 Å². The fourth-order valence-corrected chi connectivity index (χ4v) is 1.49. The minimum Gasteiger partial charge on any atom is -0.379 e. The molecule has 0 unspecified atom stereocenters. The lowest BCUT2D eigenvalue weighted by atomic mass is 10.3. The number of hydrogen-bond donors (Lipinski definition) is 3. The van der Waals surface area contributed by atoms with Gasteiger partial charge in [-0.1, -0.05) is 23.4 Å². The second-order valence-electron chi connectivity index (χ2n) is 2.83. The molecule has 0 atom stereocenters. The van der Waals surface area contributed by atoms with Crippen LogP contribution in [0.15, 0.2) is 18.2 Å². The average molecular weight is 262 g/mol. The standard InChI is InChI=1S/C9H9ClFN3OS/c10-6-3-5(11)1-2-7(6)14-8(15)4-16-9(12)13/h1-3H,4H2,(H3,12,13)(H,14,15). The molecule has 1 aromatic carbocycles. The topological polar surface area (TPSA) is 79.0 Å². The maximum Gasteiger partial charge on any atom is 0.234 e. The monoisotopic (exact) mass is 261 g/mol. The lowest BCUT2D eigenvalue weighted by Gasteiger charge is -2.06. The number of thioether (sulfide) groups is 1. The van der Waals surface area contributed by atoms with Gasteiger partial charge in [-0.25, -0.2) is 4.39 Å². The van der Waals surface area contributed by atoms with Gasteiger partial charge in [0, 0.05) is 0 Å². The van der Waals surface area contributed by atoms with Crippen molar-refractivity contribution in [2.45, 2.75) is 0 Å². The molecule has 4 N–H and O–H groups in total. The molecule has 0 heterocycles. The summed E-state index contributed by atoms with van der Waals surface area (Å²) in [5, 5.41) is 9.39. The summed E-state index contributed by atoms with van der Waals surface area (Å²) in [5.74, 6) is -0.807. The molecule has 1 rings (SSSR count). The van der Waals surface area contributed by atoms with Crippen LogP contribution in [0.1, 0.15) is 0 Å². The van der Waals surface area contributed by atoms with Gasteiger partial charge in [0.2, 0.25) is 5.91 Å². The van der Waals surface area contributed by atoms with Gasteiger partial charge in [0.25, 0.3) is 0 Å². The van der Waals surface area contributed by atoms with E-state index in [2.05, 4.69) is 5.32 Å². The quantitative estimate of drug-likeness (QED) is 0.575. The van der Waals surface area contributed by atoms with E-state index in [9.17, 15) is 9.18 Å². The van der Waals surface area contributed by atoms with Crippen molar-refractivity contribution in [1.29, 1.82) is 5.41 Å². The molecule has 0 bridgehead atoms. The molecule has 0 radical (unpaired) electrons. The number of carbonyl (C=O) groups excluding carboxylic acids is 1. The van der Waals surface area contributed by atoms with Crippen molar-refractivity contribution in [3.05, 3.63) is 29.0 Å². The molecule has 0 spiro atoms. The molecular weight excluding hydrogens is 253 g/mol. The highest BCUT2D eigenvalue weighted by molar-refractivity contribution is 8.14. The summed E-state index contributed by atoms with van der Waals surface area (Å²) >= 11 is 6.61. The zero-order valence-electron chi connectivity index (χ0n) is 8.09. The molecule has 0 saturated heterocycles. The number of nitrogens with two attached hydrogens (primary N) is 1. The van der Waals surface area contributed by atoms with E-state index in [4.69, 9.17) is 22.7 Å². The summed E-state index contributed by atoms with van der Waals surface area (Å²) in [5.41, 5.74) is 5.41. The Labute approximate surface area is 101 Å². The molecule has 0 aliphatic carbocycles. The predicted octanol–water partition coefficient (Wildman–Crippen LogP) is 2.04. The van der Waals surface area contributed by atoms with Gasteiger partial charge in [0.1, 0.15) is 5.82 Å². The SMILES string of the molecule is N=C(N)SCC(=O)Nc1ccc(F)cc1Cl. The summed E-state index contributed by atoms with van der Waals surface area (Å²) < 4.78 is 12.7. The third kappa shape index (κ3) is 4.08. The number of hydrogen-bond acceptors (Lipinski definition) is 3. The smallest absolute Gasteiger partial charge is 0.234 e. The summed E-state index contributed by atoms with van der Waals surface area (Å²) in [6, 6.07) is 3.67. The maximum atomic E-state index is 12.7. The third-order valence-corrected chi connectivity index (χ3v) is 2.59. The van der Waals surface area contributed by atoms with Crippen LogP contribution in [0.25, 0.3) is 0 Å². The molecule has 0 aliphatic rings. The van der Waals surface area contributed by atoms with E-state index < -0.39 is 5.82 Å². The highest BCUT2D eigenvalue weighted by atomic mass is 35.5. The highest BCUT2D eigenvalue weighted by Crippen LogP contribution is 2.22. The lowest BCUT2D eigenvalue weighted by molar-refractivity contribution is -0.113. The Morgan fingerprint density at radius 3 is 2.88 bits per heavy atom. The molecule has 7 heteroatoms. The van der Waals surface area contributed by atoms with Gasteiger partial charge in [-0.15, -0.1) is 0 Å². The van der Waals surface area contributed by atoms with E-state index in [1.165, 1.54) is 12.1 Å². The van der Waals surface area contributed by atoms with E-state index in [1.807, 2.05) is 0 Å². The Morgan fingerprint density at radius 1 is 1.62 bits per heavy atom. The normalized spacial score (nSPS) is 9.88. The predicted molar refractivity (Wildman–Crippen MR) is 64.4 cm³/mol. The van der Waals surface area contributed by atoms with Gasteiger partial charge in [-0.2, -0.15) is 0 Å². The van der Waals surface area contributed by atoms with Crippen LogP contribution >= 0.6 is 23.4 Å². The number of halogens is 2. The number of carbonyl (C=O) groups is 1. The van der Waals surface area contributed by atoms with Crippen molar-refractivity contribution < 1.29 is 9.18 Å². The molecule has 86 valence electrons. The molecule has 1 aromatic rings.